The third kappa shape index (κ3) is 6.40. The molecule has 33 heavy (non-hydrogen) atoms. The smallest absolute Gasteiger partial charge is 0.265 e. The van der Waals surface area contributed by atoms with E-state index in [0.29, 0.717) is 34.3 Å². The molecule has 0 aliphatic heterocycles. The summed E-state index contributed by atoms with van der Waals surface area (Å²) in [5, 5.41) is 3.26. The van der Waals surface area contributed by atoms with Gasteiger partial charge >= 0.3 is 0 Å². The van der Waals surface area contributed by atoms with Gasteiger partial charge in [-0.15, -0.1) is 0 Å². The Hall–Kier alpha value is -3.23. The van der Waals surface area contributed by atoms with E-state index < -0.39 is 16.1 Å². The van der Waals surface area contributed by atoms with Gasteiger partial charge in [-0.1, -0.05) is 30.7 Å². The second kappa shape index (κ2) is 10.6. The normalized spacial score (nSPS) is 12.0. The van der Waals surface area contributed by atoms with E-state index in [0.717, 1.165) is 5.56 Å². The van der Waals surface area contributed by atoms with E-state index >= 15 is 0 Å². The topological polar surface area (TPSA) is 93.7 Å². The minimum atomic E-state index is -3.85. The van der Waals surface area contributed by atoms with Gasteiger partial charge in [0.2, 0.25) is 0 Å². The van der Waals surface area contributed by atoms with E-state index in [-0.39, 0.29) is 10.8 Å². The van der Waals surface area contributed by atoms with Crippen molar-refractivity contribution in [1.82, 2.24) is 0 Å². The van der Waals surface area contributed by atoms with Crippen molar-refractivity contribution in [2.45, 2.75) is 31.3 Å². The molecule has 0 radical (unpaired) electrons. The molecular weight excluding hydrogens is 464 g/mol. The van der Waals surface area contributed by atoms with Crippen LogP contribution in [-0.2, 0) is 14.8 Å². The zero-order chi connectivity index (χ0) is 24.0. The van der Waals surface area contributed by atoms with Gasteiger partial charge in [-0.05, 0) is 73.5 Å². The van der Waals surface area contributed by atoms with Crippen LogP contribution in [0.4, 0.5) is 11.4 Å². The van der Waals surface area contributed by atoms with Gasteiger partial charge in [0.05, 0.1) is 17.7 Å². The predicted molar refractivity (Wildman–Crippen MR) is 130 cm³/mol. The van der Waals surface area contributed by atoms with Crippen LogP contribution in [0.15, 0.2) is 71.6 Å². The molecule has 7 nitrogen and oxygen atoms in total. The number of halogens is 1. The second-order valence-electron chi connectivity index (χ2n) is 7.29. The number of aryl methyl sites for hydroxylation is 1. The van der Waals surface area contributed by atoms with E-state index in [2.05, 4.69) is 10.0 Å². The summed E-state index contributed by atoms with van der Waals surface area (Å²) < 4.78 is 39.1. The number of ether oxygens (including phenoxy) is 2. The molecule has 0 saturated carbocycles. The van der Waals surface area contributed by atoms with Crippen molar-refractivity contribution in [2.24, 2.45) is 0 Å². The molecule has 3 aromatic rings. The Kier molecular flexibility index (Phi) is 7.84. The lowest BCUT2D eigenvalue weighted by Crippen LogP contribution is -2.32. The van der Waals surface area contributed by atoms with Crippen molar-refractivity contribution in [2.75, 3.05) is 17.1 Å². The van der Waals surface area contributed by atoms with E-state index in [1.54, 1.807) is 36.4 Å². The number of sulfonamides is 1. The van der Waals surface area contributed by atoms with Crippen molar-refractivity contribution in [3.05, 3.63) is 77.3 Å². The molecule has 3 rings (SSSR count). The van der Waals surface area contributed by atoms with Crippen molar-refractivity contribution in [3.63, 3.8) is 0 Å². The Morgan fingerprint density at radius 1 is 1.06 bits per heavy atom. The maximum atomic E-state index is 12.8. The number of anilines is 2. The molecule has 1 amide bonds. The van der Waals surface area contributed by atoms with Crippen LogP contribution in [0.5, 0.6) is 11.5 Å². The molecular formula is C24H25ClN2O5S. The molecule has 3 aromatic carbocycles. The molecule has 9 heteroatoms. The van der Waals surface area contributed by atoms with Crippen LogP contribution in [-0.4, -0.2) is 27.5 Å². The number of benzene rings is 3. The summed E-state index contributed by atoms with van der Waals surface area (Å²) in [7, 11) is -2.38. The van der Waals surface area contributed by atoms with Gasteiger partial charge in [0.15, 0.2) is 6.10 Å². The number of carbonyl (C=O) groups is 1. The molecule has 0 unspecified atom stereocenters. The average Bonchev–Trinajstić information content (AvgIpc) is 2.77. The maximum Gasteiger partial charge on any atom is 0.265 e. The van der Waals surface area contributed by atoms with Crippen LogP contribution in [0, 0.1) is 6.92 Å². The number of amides is 1. The highest BCUT2D eigenvalue weighted by Gasteiger charge is 2.20. The first kappa shape index (κ1) is 24.4. The number of nitrogens with one attached hydrogen (secondary N) is 2. The number of carbonyl (C=O) groups excluding carboxylic acids is 1. The van der Waals surface area contributed by atoms with E-state index in [1.807, 2.05) is 19.9 Å². The monoisotopic (exact) mass is 488 g/mol. The summed E-state index contributed by atoms with van der Waals surface area (Å²) in [6.45, 7) is 3.68. The van der Waals surface area contributed by atoms with Crippen LogP contribution in [0.25, 0.3) is 0 Å². The molecule has 1 atom stereocenters. The molecule has 0 spiro atoms. The van der Waals surface area contributed by atoms with Crippen molar-refractivity contribution < 1.29 is 22.7 Å². The summed E-state index contributed by atoms with van der Waals surface area (Å²) >= 11 is 5.97. The molecule has 0 fully saturated rings. The fourth-order valence-corrected chi connectivity index (χ4v) is 4.31. The Morgan fingerprint density at radius 2 is 1.79 bits per heavy atom. The summed E-state index contributed by atoms with van der Waals surface area (Å²) in [6, 6.07) is 17.9. The van der Waals surface area contributed by atoms with Crippen LogP contribution in [0.3, 0.4) is 0 Å². The molecule has 0 aliphatic rings. The van der Waals surface area contributed by atoms with E-state index in [1.165, 1.54) is 31.4 Å². The highest BCUT2D eigenvalue weighted by atomic mass is 35.5. The Bertz CT molecular complexity index is 1230. The van der Waals surface area contributed by atoms with Crippen molar-refractivity contribution in [1.29, 1.82) is 0 Å². The van der Waals surface area contributed by atoms with E-state index in [4.69, 9.17) is 21.1 Å². The lowest BCUT2D eigenvalue weighted by atomic mass is 10.2. The summed E-state index contributed by atoms with van der Waals surface area (Å²) in [5.74, 6) is 0.553. The lowest BCUT2D eigenvalue weighted by molar-refractivity contribution is -0.122. The minimum absolute atomic E-state index is 0.0475. The van der Waals surface area contributed by atoms with Gasteiger partial charge < -0.3 is 14.8 Å². The third-order valence-electron chi connectivity index (χ3n) is 4.77. The Morgan fingerprint density at radius 3 is 2.42 bits per heavy atom. The molecule has 0 aliphatic carbocycles. The number of rotatable bonds is 9. The van der Waals surface area contributed by atoms with Gasteiger partial charge in [0, 0.05) is 10.7 Å². The Labute approximate surface area is 198 Å². The summed E-state index contributed by atoms with van der Waals surface area (Å²) in [4.78, 5) is 12.7. The van der Waals surface area contributed by atoms with Crippen LogP contribution in [0.1, 0.15) is 18.9 Å². The maximum absolute atomic E-state index is 12.8. The summed E-state index contributed by atoms with van der Waals surface area (Å²) in [6.07, 6.45) is -0.296. The zero-order valence-corrected chi connectivity index (χ0v) is 20.0. The first-order valence-corrected chi connectivity index (χ1v) is 12.1. The van der Waals surface area contributed by atoms with E-state index in [9.17, 15) is 13.2 Å². The van der Waals surface area contributed by atoms with Crippen molar-refractivity contribution in [3.8, 4) is 11.5 Å². The minimum Gasteiger partial charge on any atom is -0.495 e. The first-order chi connectivity index (χ1) is 15.7. The highest BCUT2D eigenvalue weighted by molar-refractivity contribution is 7.92. The van der Waals surface area contributed by atoms with Crippen molar-refractivity contribution >= 4 is 38.9 Å². The van der Waals surface area contributed by atoms with Gasteiger partial charge in [-0.3, -0.25) is 9.52 Å². The molecule has 0 aromatic heterocycles. The number of methoxy groups -OCH3 is 1. The number of hydrogen-bond donors (Lipinski definition) is 2. The van der Waals surface area contributed by atoms with Gasteiger partial charge in [-0.2, -0.15) is 0 Å². The average molecular weight is 489 g/mol. The molecule has 174 valence electrons. The molecule has 0 saturated heterocycles. The van der Waals surface area contributed by atoms with Crippen LogP contribution in [0.2, 0.25) is 5.02 Å². The second-order valence-corrected chi connectivity index (χ2v) is 9.41. The summed E-state index contributed by atoms with van der Waals surface area (Å²) in [5.41, 5.74) is 1.68. The van der Waals surface area contributed by atoms with Gasteiger partial charge in [0.1, 0.15) is 11.5 Å². The third-order valence-corrected chi connectivity index (χ3v) is 6.39. The largest absolute Gasteiger partial charge is 0.495 e. The van der Waals surface area contributed by atoms with Gasteiger partial charge in [-0.25, -0.2) is 8.42 Å². The SMILES string of the molecule is CC[C@@H](Oc1cccc(Cl)c1)C(=O)Nc1ccc(S(=O)(=O)Nc2cc(C)ccc2OC)cc1. The quantitative estimate of drug-likeness (QED) is 0.429. The highest BCUT2D eigenvalue weighted by Crippen LogP contribution is 2.28. The zero-order valence-electron chi connectivity index (χ0n) is 18.5. The first-order valence-electron chi connectivity index (χ1n) is 10.2. The predicted octanol–water partition coefficient (Wildman–Crippen LogP) is 5.25. The Balaban J connectivity index is 1.70. The molecule has 2 N–H and O–H groups in total. The molecule has 0 heterocycles. The fraction of sp³-hybridized carbons (Fsp3) is 0.208. The molecule has 0 bridgehead atoms. The fourth-order valence-electron chi connectivity index (χ4n) is 3.07. The number of hydrogen-bond acceptors (Lipinski definition) is 5. The van der Waals surface area contributed by atoms with Crippen LogP contribution >= 0.6 is 11.6 Å². The van der Waals surface area contributed by atoms with Crippen LogP contribution < -0.4 is 19.5 Å². The standard InChI is InChI=1S/C24H25ClN2O5S/c1-4-22(32-19-7-5-6-17(25)15-19)24(28)26-18-9-11-20(12-10-18)33(29,30)27-21-14-16(2)8-13-23(21)31-3/h5-15,22,27H,4H2,1-3H3,(H,26,28)/t22-/m1/s1. The van der Waals surface area contributed by atoms with Gasteiger partial charge in [0.25, 0.3) is 15.9 Å². The lowest BCUT2D eigenvalue weighted by Gasteiger charge is -2.17.